The van der Waals surface area contributed by atoms with Crippen molar-refractivity contribution in [3.05, 3.63) is 0 Å². The first-order valence-corrected chi connectivity index (χ1v) is 7.02. The van der Waals surface area contributed by atoms with Crippen LogP contribution in [0.5, 0.6) is 0 Å². The largest absolute Gasteiger partial charge is 0.344 e. The van der Waals surface area contributed by atoms with Crippen molar-refractivity contribution in [2.75, 3.05) is 39.8 Å². The van der Waals surface area contributed by atoms with E-state index in [0.717, 1.165) is 13.0 Å². The van der Waals surface area contributed by atoms with Crippen LogP contribution >= 0.6 is 0 Å². The fourth-order valence-corrected chi connectivity index (χ4v) is 2.00. The molecule has 1 rings (SSSR count). The molecule has 0 aliphatic carbocycles. The van der Waals surface area contributed by atoms with Crippen LogP contribution in [-0.4, -0.2) is 73.3 Å². The quantitative estimate of drug-likeness (QED) is 0.637. The summed E-state index contributed by atoms with van der Waals surface area (Å²) in [6, 6.07) is -0.693. The van der Waals surface area contributed by atoms with Gasteiger partial charge in [0, 0.05) is 33.2 Å². The highest BCUT2D eigenvalue weighted by molar-refractivity contribution is 6.35. The first kappa shape index (κ1) is 16.4. The van der Waals surface area contributed by atoms with Crippen LogP contribution in [0.15, 0.2) is 0 Å². The Morgan fingerprint density at radius 1 is 1.30 bits per heavy atom. The Balaban J connectivity index is 2.52. The van der Waals surface area contributed by atoms with Crippen LogP contribution in [0.3, 0.4) is 0 Å². The molecule has 2 N–H and O–H groups in total. The first-order valence-electron chi connectivity index (χ1n) is 7.02. The van der Waals surface area contributed by atoms with Crippen LogP contribution in [0.1, 0.15) is 20.3 Å². The molecule has 1 saturated heterocycles. The fraction of sp³-hybridized carbons (Fsp3) is 0.769. The minimum absolute atomic E-state index is 0.203. The van der Waals surface area contributed by atoms with E-state index in [1.807, 2.05) is 6.92 Å². The van der Waals surface area contributed by atoms with Crippen LogP contribution in [0.25, 0.3) is 0 Å². The number of carbonyl (C=O) groups is 3. The van der Waals surface area contributed by atoms with Crippen molar-refractivity contribution in [2.45, 2.75) is 26.3 Å². The van der Waals surface area contributed by atoms with E-state index in [9.17, 15) is 14.4 Å². The molecular weight excluding hydrogens is 260 g/mol. The Kier molecular flexibility index (Phi) is 6.44. The van der Waals surface area contributed by atoms with Crippen LogP contribution in [0.4, 0.5) is 0 Å². The monoisotopic (exact) mass is 284 g/mol. The van der Waals surface area contributed by atoms with Gasteiger partial charge in [0.1, 0.15) is 6.04 Å². The normalized spacial score (nSPS) is 17.1. The molecule has 0 aromatic carbocycles. The lowest BCUT2D eigenvalue weighted by molar-refractivity contribution is -0.147. The third kappa shape index (κ3) is 4.48. The number of hydrogen-bond donors (Lipinski definition) is 2. The summed E-state index contributed by atoms with van der Waals surface area (Å²) in [7, 11) is 1.66. The number of hydrogen-bond acceptors (Lipinski definition) is 4. The summed E-state index contributed by atoms with van der Waals surface area (Å²) in [5.41, 5.74) is 0. The highest BCUT2D eigenvalue weighted by atomic mass is 16.2. The summed E-state index contributed by atoms with van der Waals surface area (Å²) in [5.74, 6) is -1.48. The maximum Gasteiger partial charge on any atom is 0.311 e. The van der Waals surface area contributed by atoms with Crippen molar-refractivity contribution < 1.29 is 14.4 Å². The lowest BCUT2D eigenvalue weighted by Crippen LogP contribution is -2.51. The molecular formula is C13H24N4O3. The Bertz CT molecular complexity index is 365. The predicted molar refractivity (Wildman–Crippen MR) is 75.0 cm³/mol. The average Bonchev–Trinajstić information content (AvgIpc) is 2.73. The van der Waals surface area contributed by atoms with Crippen LogP contribution < -0.4 is 10.6 Å². The second-order valence-electron chi connectivity index (χ2n) is 4.94. The number of likely N-dealkylation sites (N-methyl/N-ethyl adjacent to an activating group) is 1. The van der Waals surface area contributed by atoms with Crippen molar-refractivity contribution in [1.29, 1.82) is 0 Å². The van der Waals surface area contributed by atoms with Gasteiger partial charge in [0.2, 0.25) is 5.91 Å². The zero-order chi connectivity index (χ0) is 15.1. The van der Waals surface area contributed by atoms with Gasteiger partial charge in [0.15, 0.2) is 0 Å². The van der Waals surface area contributed by atoms with Gasteiger partial charge in [-0.25, -0.2) is 0 Å². The van der Waals surface area contributed by atoms with Gasteiger partial charge in [-0.05, 0) is 26.8 Å². The molecule has 1 aliphatic heterocycles. The van der Waals surface area contributed by atoms with E-state index in [2.05, 4.69) is 10.6 Å². The molecule has 3 amide bonds. The SMILES string of the molecule is CCN(C)C(=O)C(C)NC(=O)C(=O)N1CCCNCC1. The van der Waals surface area contributed by atoms with E-state index >= 15 is 0 Å². The van der Waals surface area contributed by atoms with Crippen molar-refractivity contribution in [1.82, 2.24) is 20.4 Å². The van der Waals surface area contributed by atoms with Gasteiger partial charge in [0.05, 0.1) is 0 Å². The molecule has 0 radical (unpaired) electrons. The summed E-state index contributed by atoms with van der Waals surface area (Å²) in [6.07, 6.45) is 0.825. The average molecular weight is 284 g/mol. The lowest BCUT2D eigenvalue weighted by Gasteiger charge is -2.23. The van der Waals surface area contributed by atoms with Gasteiger partial charge < -0.3 is 20.4 Å². The fourth-order valence-electron chi connectivity index (χ4n) is 2.00. The second-order valence-corrected chi connectivity index (χ2v) is 4.94. The molecule has 114 valence electrons. The van der Waals surface area contributed by atoms with E-state index in [0.29, 0.717) is 26.2 Å². The summed E-state index contributed by atoms with van der Waals surface area (Å²) < 4.78 is 0. The summed E-state index contributed by atoms with van der Waals surface area (Å²) in [6.45, 7) is 6.61. The van der Waals surface area contributed by atoms with Crippen molar-refractivity contribution >= 4 is 17.7 Å². The molecule has 1 heterocycles. The molecule has 0 spiro atoms. The molecule has 1 fully saturated rings. The summed E-state index contributed by atoms with van der Waals surface area (Å²) in [5, 5.41) is 5.64. The highest BCUT2D eigenvalue weighted by Gasteiger charge is 2.26. The molecule has 1 atom stereocenters. The van der Waals surface area contributed by atoms with Crippen molar-refractivity contribution in [2.24, 2.45) is 0 Å². The third-order valence-electron chi connectivity index (χ3n) is 3.39. The minimum Gasteiger partial charge on any atom is -0.344 e. The van der Waals surface area contributed by atoms with Gasteiger partial charge in [-0.2, -0.15) is 0 Å². The van der Waals surface area contributed by atoms with E-state index in [-0.39, 0.29) is 5.91 Å². The molecule has 7 nitrogen and oxygen atoms in total. The van der Waals surface area contributed by atoms with Crippen molar-refractivity contribution in [3.8, 4) is 0 Å². The predicted octanol–water partition coefficient (Wildman–Crippen LogP) is -1.21. The topological polar surface area (TPSA) is 81.8 Å². The van der Waals surface area contributed by atoms with E-state index in [1.165, 1.54) is 9.80 Å². The lowest BCUT2D eigenvalue weighted by atomic mass is 10.2. The zero-order valence-electron chi connectivity index (χ0n) is 12.4. The van der Waals surface area contributed by atoms with E-state index in [4.69, 9.17) is 0 Å². The molecule has 7 heteroatoms. The Hall–Kier alpha value is -1.63. The van der Waals surface area contributed by atoms with E-state index in [1.54, 1.807) is 14.0 Å². The number of nitrogens with one attached hydrogen (secondary N) is 2. The van der Waals surface area contributed by atoms with Gasteiger partial charge in [-0.1, -0.05) is 0 Å². The van der Waals surface area contributed by atoms with Crippen LogP contribution in [-0.2, 0) is 14.4 Å². The Labute approximate surface area is 119 Å². The maximum absolute atomic E-state index is 12.0. The molecule has 1 unspecified atom stereocenters. The van der Waals surface area contributed by atoms with Gasteiger partial charge in [0.25, 0.3) is 0 Å². The van der Waals surface area contributed by atoms with Crippen LogP contribution in [0, 0.1) is 0 Å². The van der Waals surface area contributed by atoms with E-state index < -0.39 is 17.9 Å². The number of rotatable bonds is 3. The summed E-state index contributed by atoms with van der Waals surface area (Å²) in [4.78, 5) is 38.8. The summed E-state index contributed by atoms with van der Waals surface area (Å²) >= 11 is 0. The molecule has 0 aromatic heterocycles. The van der Waals surface area contributed by atoms with Gasteiger partial charge in [-0.3, -0.25) is 14.4 Å². The molecule has 20 heavy (non-hydrogen) atoms. The van der Waals surface area contributed by atoms with Crippen molar-refractivity contribution in [3.63, 3.8) is 0 Å². The second kappa shape index (κ2) is 7.84. The van der Waals surface area contributed by atoms with Gasteiger partial charge in [-0.15, -0.1) is 0 Å². The molecule has 1 aliphatic rings. The Morgan fingerprint density at radius 2 is 2.00 bits per heavy atom. The van der Waals surface area contributed by atoms with Crippen LogP contribution in [0.2, 0.25) is 0 Å². The molecule has 0 aromatic rings. The highest BCUT2D eigenvalue weighted by Crippen LogP contribution is 1.98. The maximum atomic E-state index is 12.0. The molecule has 0 bridgehead atoms. The number of amides is 3. The zero-order valence-corrected chi connectivity index (χ0v) is 12.4. The standard InChI is InChI=1S/C13H24N4O3/c1-4-16(3)12(19)10(2)15-11(18)13(20)17-8-5-6-14-7-9-17/h10,14H,4-9H2,1-3H3,(H,15,18). The Morgan fingerprint density at radius 3 is 2.65 bits per heavy atom. The molecule has 0 saturated carbocycles. The van der Waals surface area contributed by atoms with Gasteiger partial charge >= 0.3 is 11.8 Å². The first-order chi connectivity index (χ1) is 9.47. The number of carbonyl (C=O) groups excluding carboxylic acids is 3. The minimum atomic E-state index is -0.711. The smallest absolute Gasteiger partial charge is 0.311 e. The third-order valence-corrected chi connectivity index (χ3v) is 3.39. The number of nitrogens with zero attached hydrogens (tertiary/aromatic N) is 2.